The highest BCUT2D eigenvalue weighted by Crippen LogP contribution is 2.39. The van der Waals surface area contributed by atoms with Crippen molar-refractivity contribution in [3.8, 4) is 5.06 Å². The zero-order valence-corrected chi connectivity index (χ0v) is 11.1. The minimum Gasteiger partial charge on any atom is -0.487 e. The quantitative estimate of drug-likeness (QED) is 0.758. The summed E-state index contributed by atoms with van der Waals surface area (Å²) in [7, 11) is 1.75. The van der Waals surface area contributed by atoms with Crippen LogP contribution in [0.15, 0.2) is 18.2 Å². The maximum absolute atomic E-state index is 5.39. The second kappa shape index (κ2) is 4.06. The van der Waals surface area contributed by atoms with Crippen molar-refractivity contribution >= 4 is 44.0 Å². The number of rotatable bonds is 2. The molecule has 0 bridgehead atoms. The summed E-state index contributed by atoms with van der Waals surface area (Å²) in [6, 6.07) is 6.42. The Bertz CT molecular complexity index is 462. The lowest BCUT2D eigenvalue weighted by Gasteiger charge is -1.98. The summed E-state index contributed by atoms with van der Waals surface area (Å²) < 4.78 is 8.05. The normalized spacial score (nSPS) is 10.8. The van der Waals surface area contributed by atoms with Crippen LogP contribution in [0.1, 0.15) is 12.5 Å². The van der Waals surface area contributed by atoms with Crippen LogP contribution in [-0.2, 0) is 6.42 Å². The van der Waals surface area contributed by atoms with Crippen molar-refractivity contribution in [1.29, 1.82) is 0 Å². The van der Waals surface area contributed by atoms with Gasteiger partial charge in [-0.2, -0.15) is 0 Å². The number of hydrogen-bond acceptors (Lipinski definition) is 2. The summed E-state index contributed by atoms with van der Waals surface area (Å²) in [4.78, 5) is 0. The first-order valence-electron chi connectivity index (χ1n) is 4.51. The standard InChI is InChI=1S/C11H11IOS/c1-3-7-8-5-4-6-9(12)10(8)14-11(7)13-2/h4-6H,3H2,1-2H3. The minimum atomic E-state index is 1.03. The Balaban J connectivity index is 2.79. The van der Waals surface area contributed by atoms with Gasteiger partial charge in [-0.15, -0.1) is 0 Å². The predicted octanol–water partition coefficient (Wildman–Crippen LogP) is 4.08. The topological polar surface area (TPSA) is 9.23 Å². The molecule has 0 atom stereocenters. The van der Waals surface area contributed by atoms with E-state index >= 15 is 0 Å². The molecule has 74 valence electrons. The molecule has 0 amide bonds. The first kappa shape index (κ1) is 10.2. The van der Waals surface area contributed by atoms with Crippen LogP contribution in [0.5, 0.6) is 5.06 Å². The van der Waals surface area contributed by atoms with Crippen LogP contribution in [0.4, 0.5) is 0 Å². The number of thiophene rings is 1. The number of ether oxygens (including phenoxy) is 1. The monoisotopic (exact) mass is 318 g/mol. The molecule has 0 radical (unpaired) electrons. The first-order chi connectivity index (χ1) is 6.77. The van der Waals surface area contributed by atoms with E-state index in [4.69, 9.17) is 4.74 Å². The molecule has 1 heterocycles. The summed E-state index contributed by atoms with van der Waals surface area (Å²) in [5, 5.41) is 2.41. The molecule has 0 fully saturated rings. The van der Waals surface area contributed by atoms with Gasteiger partial charge >= 0.3 is 0 Å². The lowest BCUT2D eigenvalue weighted by Crippen LogP contribution is -1.84. The van der Waals surface area contributed by atoms with Crippen molar-refractivity contribution < 1.29 is 4.74 Å². The largest absolute Gasteiger partial charge is 0.487 e. The molecule has 1 aromatic carbocycles. The molecule has 2 aromatic rings. The van der Waals surface area contributed by atoms with E-state index in [-0.39, 0.29) is 0 Å². The summed E-state index contributed by atoms with van der Waals surface area (Å²) in [5.41, 5.74) is 1.34. The smallest absolute Gasteiger partial charge is 0.177 e. The molecule has 14 heavy (non-hydrogen) atoms. The van der Waals surface area contributed by atoms with Crippen LogP contribution in [0.3, 0.4) is 0 Å². The lowest BCUT2D eigenvalue weighted by atomic mass is 10.1. The van der Waals surface area contributed by atoms with Crippen LogP contribution in [0.2, 0.25) is 0 Å². The van der Waals surface area contributed by atoms with E-state index in [1.54, 1.807) is 18.4 Å². The number of hydrogen-bond donors (Lipinski definition) is 0. The van der Waals surface area contributed by atoms with E-state index < -0.39 is 0 Å². The molecule has 3 heteroatoms. The number of methoxy groups -OCH3 is 1. The maximum Gasteiger partial charge on any atom is 0.177 e. The lowest BCUT2D eigenvalue weighted by molar-refractivity contribution is 0.423. The van der Waals surface area contributed by atoms with Gasteiger partial charge in [0.25, 0.3) is 0 Å². The molecule has 0 saturated carbocycles. The Labute approximate surface area is 101 Å². The molecule has 0 aliphatic rings. The van der Waals surface area contributed by atoms with Gasteiger partial charge in [-0.1, -0.05) is 30.4 Å². The van der Waals surface area contributed by atoms with Gasteiger partial charge < -0.3 is 4.74 Å². The minimum absolute atomic E-state index is 1.03. The number of fused-ring (bicyclic) bond motifs is 1. The van der Waals surface area contributed by atoms with E-state index in [2.05, 4.69) is 47.7 Å². The first-order valence-corrected chi connectivity index (χ1v) is 6.41. The molecule has 0 N–H and O–H groups in total. The average molecular weight is 318 g/mol. The fraction of sp³-hybridized carbons (Fsp3) is 0.273. The third kappa shape index (κ3) is 1.52. The van der Waals surface area contributed by atoms with Crippen molar-refractivity contribution in [2.75, 3.05) is 7.11 Å². The zero-order chi connectivity index (χ0) is 10.1. The highest BCUT2D eigenvalue weighted by molar-refractivity contribution is 14.1. The van der Waals surface area contributed by atoms with E-state index in [0.29, 0.717) is 0 Å². The second-order valence-electron chi connectivity index (χ2n) is 3.04. The van der Waals surface area contributed by atoms with Crippen LogP contribution in [0.25, 0.3) is 10.1 Å². The Morgan fingerprint density at radius 2 is 2.21 bits per heavy atom. The van der Waals surface area contributed by atoms with Gasteiger partial charge in [0.15, 0.2) is 5.06 Å². The fourth-order valence-electron chi connectivity index (χ4n) is 1.61. The molecule has 0 aliphatic carbocycles. The average Bonchev–Trinajstić information content (AvgIpc) is 2.57. The molecular formula is C11H11IOS. The third-order valence-corrected chi connectivity index (χ3v) is 4.78. The molecule has 1 aromatic heterocycles. The maximum atomic E-state index is 5.39. The Morgan fingerprint density at radius 1 is 1.43 bits per heavy atom. The van der Waals surface area contributed by atoms with Crippen molar-refractivity contribution in [2.24, 2.45) is 0 Å². The summed E-state index contributed by atoms with van der Waals surface area (Å²) in [6.45, 7) is 2.17. The van der Waals surface area contributed by atoms with Crippen LogP contribution >= 0.6 is 33.9 Å². The molecule has 2 rings (SSSR count). The molecule has 0 saturated heterocycles. The van der Waals surface area contributed by atoms with Gasteiger partial charge in [0, 0.05) is 14.5 Å². The van der Waals surface area contributed by atoms with Gasteiger partial charge in [-0.25, -0.2) is 0 Å². The van der Waals surface area contributed by atoms with Crippen LogP contribution in [-0.4, -0.2) is 7.11 Å². The van der Waals surface area contributed by atoms with Crippen LogP contribution < -0.4 is 4.74 Å². The Morgan fingerprint density at radius 3 is 2.86 bits per heavy atom. The van der Waals surface area contributed by atoms with Gasteiger partial charge in [0.05, 0.1) is 11.8 Å². The number of halogens is 1. The van der Waals surface area contributed by atoms with Gasteiger partial charge in [-0.05, 0) is 35.1 Å². The Hall–Kier alpha value is -0.290. The van der Waals surface area contributed by atoms with E-state index in [9.17, 15) is 0 Å². The van der Waals surface area contributed by atoms with E-state index in [1.165, 1.54) is 19.2 Å². The van der Waals surface area contributed by atoms with Crippen molar-refractivity contribution in [3.05, 3.63) is 27.3 Å². The van der Waals surface area contributed by atoms with Crippen molar-refractivity contribution in [3.63, 3.8) is 0 Å². The highest BCUT2D eigenvalue weighted by atomic mass is 127. The van der Waals surface area contributed by atoms with Crippen molar-refractivity contribution in [2.45, 2.75) is 13.3 Å². The van der Waals surface area contributed by atoms with E-state index in [1.807, 2.05) is 0 Å². The zero-order valence-electron chi connectivity index (χ0n) is 8.13. The molecule has 1 nitrogen and oxygen atoms in total. The van der Waals surface area contributed by atoms with Crippen molar-refractivity contribution in [1.82, 2.24) is 0 Å². The van der Waals surface area contributed by atoms with Gasteiger partial charge in [0.2, 0.25) is 0 Å². The highest BCUT2D eigenvalue weighted by Gasteiger charge is 2.12. The second-order valence-corrected chi connectivity index (χ2v) is 5.19. The van der Waals surface area contributed by atoms with Crippen LogP contribution in [0, 0.1) is 3.57 Å². The number of aryl methyl sites for hydroxylation is 1. The summed E-state index contributed by atoms with van der Waals surface area (Å²) >= 11 is 4.12. The molecule has 0 aliphatic heterocycles. The van der Waals surface area contributed by atoms with Gasteiger partial charge in [0.1, 0.15) is 0 Å². The van der Waals surface area contributed by atoms with Gasteiger partial charge in [-0.3, -0.25) is 0 Å². The Kier molecular flexibility index (Phi) is 2.97. The van der Waals surface area contributed by atoms with E-state index in [0.717, 1.165) is 11.5 Å². The predicted molar refractivity (Wildman–Crippen MR) is 70.5 cm³/mol. The molecule has 0 spiro atoms. The molecular weight excluding hydrogens is 307 g/mol. The molecule has 0 unspecified atom stereocenters. The fourth-order valence-corrected chi connectivity index (χ4v) is 3.56. The SMILES string of the molecule is CCc1c(OC)sc2c(I)cccc12. The third-order valence-electron chi connectivity index (χ3n) is 2.27. The summed E-state index contributed by atoms with van der Waals surface area (Å²) in [6.07, 6.45) is 1.03. The summed E-state index contributed by atoms with van der Waals surface area (Å²) in [5.74, 6) is 0. The number of benzene rings is 1.